The number of aromatic nitrogens is 4. The molecule has 0 aliphatic rings. The second-order valence-electron chi connectivity index (χ2n) is 4.23. The minimum atomic E-state index is 0.382. The van der Waals surface area contributed by atoms with Crippen molar-refractivity contribution >= 4 is 44.8 Å². The Morgan fingerprint density at radius 2 is 1.95 bits per heavy atom. The fraction of sp³-hybridized carbons (Fsp3) is 0. The van der Waals surface area contributed by atoms with Crippen LogP contribution in [0.3, 0.4) is 0 Å². The predicted molar refractivity (Wildman–Crippen MR) is 86.7 cm³/mol. The maximum Gasteiger partial charge on any atom is 0.188 e. The lowest BCUT2D eigenvalue weighted by molar-refractivity contribution is 0.791. The van der Waals surface area contributed by atoms with Gasteiger partial charge in [0.1, 0.15) is 0 Å². The third-order valence-corrected chi connectivity index (χ3v) is 4.36. The number of rotatable bonds is 2. The zero-order valence-electron chi connectivity index (χ0n) is 10.5. The summed E-state index contributed by atoms with van der Waals surface area (Å²) < 4.78 is 2.35. The smallest absolute Gasteiger partial charge is 0.188 e. The summed E-state index contributed by atoms with van der Waals surface area (Å²) in [6.07, 6.45) is 0. The Morgan fingerprint density at radius 1 is 1.14 bits per heavy atom. The molecule has 5 nitrogen and oxygen atoms in total. The Morgan fingerprint density at radius 3 is 2.76 bits per heavy atom. The molecular formula is C13H8BrCl2N5. The maximum absolute atomic E-state index is 6.23. The molecule has 0 aliphatic heterocycles. The van der Waals surface area contributed by atoms with Crippen LogP contribution in [0.15, 0.2) is 40.9 Å². The van der Waals surface area contributed by atoms with Crippen molar-refractivity contribution in [2.75, 3.05) is 5.73 Å². The number of tetrazole rings is 1. The van der Waals surface area contributed by atoms with Crippen LogP contribution in [0.2, 0.25) is 10.0 Å². The van der Waals surface area contributed by atoms with Gasteiger partial charge in [-0.2, -0.15) is 4.68 Å². The zero-order chi connectivity index (χ0) is 15.0. The fourth-order valence-electron chi connectivity index (χ4n) is 1.89. The molecule has 0 aliphatic carbocycles. The zero-order valence-corrected chi connectivity index (χ0v) is 13.6. The molecule has 3 rings (SSSR count). The highest BCUT2D eigenvalue weighted by atomic mass is 79.9. The summed E-state index contributed by atoms with van der Waals surface area (Å²) >= 11 is 15.7. The van der Waals surface area contributed by atoms with E-state index in [0.717, 1.165) is 10.0 Å². The lowest BCUT2D eigenvalue weighted by Gasteiger charge is -2.09. The predicted octanol–water partition coefficient (Wildman–Crippen LogP) is 3.98. The van der Waals surface area contributed by atoms with E-state index in [0.29, 0.717) is 27.2 Å². The number of hydrogen-bond acceptors (Lipinski definition) is 4. The molecular weight excluding hydrogens is 377 g/mol. The van der Waals surface area contributed by atoms with Crippen molar-refractivity contribution in [2.24, 2.45) is 0 Å². The van der Waals surface area contributed by atoms with Gasteiger partial charge in [0.2, 0.25) is 0 Å². The normalized spacial score (nSPS) is 10.8. The van der Waals surface area contributed by atoms with Crippen LogP contribution in [0.25, 0.3) is 17.1 Å². The van der Waals surface area contributed by atoms with Crippen LogP contribution in [0.4, 0.5) is 5.69 Å². The van der Waals surface area contributed by atoms with Crippen molar-refractivity contribution in [1.29, 1.82) is 0 Å². The van der Waals surface area contributed by atoms with Crippen molar-refractivity contribution in [3.05, 3.63) is 50.9 Å². The first kappa shape index (κ1) is 14.3. The van der Waals surface area contributed by atoms with Gasteiger partial charge in [0, 0.05) is 15.7 Å². The average Bonchev–Trinajstić information content (AvgIpc) is 2.93. The van der Waals surface area contributed by atoms with Crippen molar-refractivity contribution < 1.29 is 0 Å². The Balaban J connectivity index is 2.22. The van der Waals surface area contributed by atoms with E-state index in [2.05, 4.69) is 31.5 Å². The van der Waals surface area contributed by atoms with E-state index in [1.807, 2.05) is 6.07 Å². The van der Waals surface area contributed by atoms with Crippen LogP contribution in [-0.2, 0) is 0 Å². The summed E-state index contributed by atoms with van der Waals surface area (Å²) in [4.78, 5) is 0. The Bertz CT molecular complexity index is 802. The molecule has 0 fully saturated rings. The molecule has 8 heteroatoms. The van der Waals surface area contributed by atoms with E-state index in [-0.39, 0.29) is 0 Å². The van der Waals surface area contributed by atoms with E-state index >= 15 is 0 Å². The second-order valence-corrected chi connectivity index (χ2v) is 5.87. The van der Waals surface area contributed by atoms with E-state index in [4.69, 9.17) is 28.9 Å². The number of halogens is 3. The SMILES string of the molecule is Nc1ccc(Br)c(-c2nnnn2-c2cccc(Cl)c2Cl)c1. The summed E-state index contributed by atoms with van der Waals surface area (Å²) in [5.74, 6) is 0.512. The minimum Gasteiger partial charge on any atom is -0.399 e. The van der Waals surface area contributed by atoms with Crippen molar-refractivity contribution in [1.82, 2.24) is 20.2 Å². The highest BCUT2D eigenvalue weighted by molar-refractivity contribution is 9.10. The van der Waals surface area contributed by atoms with Gasteiger partial charge in [-0.25, -0.2) is 0 Å². The third kappa shape index (κ3) is 2.62. The molecule has 2 N–H and O–H groups in total. The molecule has 0 spiro atoms. The molecule has 1 heterocycles. The highest BCUT2D eigenvalue weighted by Crippen LogP contribution is 2.33. The number of nitrogens with two attached hydrogens (primary N) is 1. The number of anilines is 1. The molecule has 0 saturated heterocycles. The van der Waals surface area contributed by atoms with Crippen LogP contribution >= 0.6 is 39.1 Å². The molecule has 2 aromatic carbocycles. The first-order valence-electron chi connectivity index (χ1n) is 5.86. The molecule has 106 valence electrons. The standard InChI is InChI=1S/C13H8BrCl2N5/c14-9-5-4-7(17)6-8(9)13-18-19-20-21(13)11-3-1-2-10(15)12(11)16/h1-6H,17H2. The van der Waals surface area contributed by atoms with Gasteiger partial charge in [-0.15, -0.1) is 5.10 Å². The summed E-state index contributed by atoms with van der Waals surface area (Å²) in [6, 6.07) is 10.7. The molecule has 1 aromatic heterocycles. The topological polar surface area (TPSA) is 69.6 Å². The Kier molecular flexibility index (Phi) is 3.84. The second kappa shape index (κ2) is 5.63. The number of nitrogen functional groups attached to an aromatic ring is 1. The van der Waals surface area contributed by atoms with E-state index in [1.165, 1.54) is 4.68 Å². The first-order valence-corrected chi connectivity index (χ1v) is 7.41. The van der Waals surface area contributed by atoms with E-state index in [9.17, 15) is 0 Å². The van der Waals surface area contributed by atoms with Crippen LogP contribution in [-0.4, -0.2) is 20.2 Å². The highest BCUT2D eigenvalue weighted by Gasteiger charge is 2.17. The van der Waals surface area contributed by atoms with Crippen LogP contribution in [0.5, 0.6) is 0 Å². The van der Waals surface area contributed by atoms with Gasteiger partial charge >= 0.3 is 0 Å². The maximum atomic E-state index is 6.23. The molecule has 0 bridgehead atoms. The van der Waals surface area contributed by atoms with Crippen molar-refractivity contribution in [2.45, 2.75) is 0 Å². The van der Waals surface area contributed by atoms with E-state index in [1.54, 1.807) is 30.3 Å². The number of nitrogens with zero attached hydrogens (tertiary/aromatic N) is 4. The third-order valence-electron chi connectivity index (χ3n) is 2.86. The Hall–Kier alpha value is -1.63. The van der Waals surface area contributed by atoms with Crippen LogP contribution in [0.1, 0.15) is 0 Å². The van der Waals surface area contributed by atoms with Crippen molar-refractivity contribution in [3.8, 4) is 17.1 Å². The molecule has 0 unspecified atom stereocenters. The molecule has 0 amide bonds. The minimum absolute atomic E-state index is 0.382. The number of hydrogen-bond donors (Lipinski definition) is 1. The van der Waals surface area contributed by atoms with Gasteiger partial charge in [0.15, 0.2) is 5.82 Å². The molecule has 3 aromatic rings. The Labute approximate surface area is 138 Å². The van der Waals surface area contributed by atoms with Gasteiger partial charge in [-0.05, 0) is 40.8 Å². The lowest BCUT2D eigenvalue weighted by atomic mass is 10.2. The van der Waals surface area contributed by atoms with Crippen LogP contribution in [0, 0.1) is 0 Å². The quantitative estimate of drug-likeness (QED) is 0.678. The average molecular weight is 385 g/mol. The van der Waals surface area contributed by atoms with Crippen molar-refractivity contribution in [3.63, 3.8) is 0 Å². The summed E-state index contributed by atoms with van der Waals surface area (Å²) in [7, 11) is 0. The van der Waals surface area contributed by atoms with Gasteiger partial charge < -0.3 is 5.73 Å². The van der Waals surface area contributed by atoms with Gasteiger partial charge in [-0.1, -0.05) is 45.2 Å². The monoisotopic (exact) mass is 383 g/mol. The lowest BCUT2D eigenvalue weighted by Crippen LogP contribution is -2.01. The summed E-state index contributed by atoms with van der Waals surface area (Å²) in [5, 5.41) is 12.6. The summed E-state index contributed by atoms with van der Waals surface area (Å²) in [6.45, 7) is 0. The van der Waals surface area contributed by atoms with Gasteiger partial charge in [0.25, 0.3) is 0 Å². The molecule has 0 atom stereocenters. The molecule has 21 heavy (non-hydrogen) atoms. The largest absolute Gasteiger partial charge is 0.399 e. The number of benzene rings is 2. The van der Waals surface area contributed by atoms with Gasteiger partial charge in [0.05, 0.1) is 15.7 Å². The first-order chi connectivity index (χ1) is 10.1. The fourth-order valence-corrected chi connectivity index (χ4v) is 2.69. The van der Waals surface area contributed by atoms with E-state index < -0.39 is 0 Å². The molecule has 0 saturated carbocycles. The summed E-state index contributed by atoms with van der Waals surface area (Å²) in [5.41, 5.74) is 7.80. The van der Waals surface area contributed by atoms with Gasteiger partial charge in [-0.3, -0.25) is 0 Å². The van der Waals surface area contributed by atoms with Crippen LogP contribution < -0.4 is 5.73 Å². The molecule has 0 radical (unpaired) electrons.